The fraction of sp³-hybridized carbons (Fsp3) is 0.364. The van der Waals surface area contributed by atoms with Crippen LogP contribution in [0.3, 0.4) is 0 Å². The van der Waals surface area contributed by atoms with Crippen LogP contribution in [0.25, 0.3) is 0 Å². The zero-order valence-corrected chi connectivity index (χ0v) is 10.2. The molecule has 0 atom stereocenters. The number of aldehydes is 1. The van der Waals surface area contributed by atoms with Crippen LogP contribution in [0.4, 0.5) is 0 Å². The number of hydrogen-bond donors (Lipinski definition) is 0. The van der Waals surface area contributed by atoms with E-state index in [0.29, 0.717) is 0 Å². The summed E-state index contributed by atoms with van der Waals surface area (Å²) in [6.45, 7) is 6.48. The summed E-state index contributed by atoms with van der Waals surface area (Å²) in [6.07, 6.45) is 0.908. The summed E-state index contributed by atoms with van der Waals surface area (Å²) in [7, 11) is 3.44. The summed E-state index contributed by atoms with van der Waals surface area (Å²) < 4.78 is 0.209. The highest BCUT2D eigenvalue weighted by atomic mass is 33.1. The molecule has 0 N–H and O–H groups in total. The highest BCUT2D eigenvalue weighted by Crippen LogP contribution is 2.41. The zero-order valence-electron chi connectivity index (χ0n) is 8.61. The number of carbonyl (C=O) groups is 1. The lowest BCUT2D eigenvalue weighted by molar-refractivity contribution is 0.112. The number of carbonyl (C=O) groups excluding carboxylic acids is 1. The minimum absolute atomic E-state index is 0.209. The molecule has 1 nitrogen and oxygen atoms in total. The lowest BCUT2D eigenvalue weighted by Crippen LogP contribution is -2.04. The van der Waals surface area contributed by atoms with Crippen molar-refractivity contribution < 1.29 is 4.79 Å². The molecule has 1 aromatic rings. The molecule has 0 radical (unpaired) electrons. The molecule has 0 aromatic heterocycles. The molecule has 0 aliphatic carbocycles. The van der Waals surface area contributed by atoms with Crippen LogP contribution >= 0.6 is 21.6 Å². The molecule has 0 heterocycles. The van der Waals surface area contributed by atoms with Crippen molar-refractivity contribution in [3.8, 4) is 0 Å². The Labute approximate surface area is 93.1 Å². The Hall–Kier alpha value is -0.410. The topological polar surface area (TPSA) is 17.1 Å². The monoisotopic (exact) mass is 226 g/mol. The molecule has 0 spiro atoms. The van der Waals surface area contributed by atoms with Crippen molar-refractivity contribution in [1.82, 2.24) is 0 Å². The van der Waals surface area contributed by atoms with Crippen LogP contribution in [-0.4, -0.2) is 11.0 Å². The molecule has 1 aromatic carbocycles. The first-order valence-corrected chi connectivity index (χ1v) is 6.58. The molecule has 0 fully saturated rings. The Balaban J connectivity index is 2.71. The van der Waals surface area contributed by atoms with E-state index in [4.69, 9.17) is 0 Å². The third kappa shape index (κ3) is 3.76. The van der Waals surface area contributed by atoms with Crippen LogP contribution in [-0.2, 0) is 0 Å². The van der Waals surface area contributed by atoms with Gasteiger partial charge in [-0.3, -0.25) is 4.79 Å². The summed E-state index contributed by atoms with van der Waals surface area (Å²) in [5, 5.41) is 0. The summed E-state index contributed by atoms with van der Waals surface area (Å²) in [5.74, 6) is 0. The molecule has 0 saturated heterocycles. The SMILES string of the molecule is CC(C)(C)SSc1ccccc1C=O. The van der Waals surface area contributed by atoms with Crippen molar-refractivity contribution in [2.24, 2.45) is 0 Å². The second-order valence-corrected chi connectivity index (χ2v) is 6.93. The Bertz CT molecular complexity index is 315. The van der Waals surface area contributed by atoms with Crippen molar-refractivity contribution in [2.45, 2.75) is 30.4 Å². The summed E-state index contributed by atoms with van der Waals surface area (Å²) in [4.78, 5) is 11.8. The van der Waals surface area contributed by atoms with Gasteiger partial charge in [0.15, 0.2) is 6.29 Å². The summed E-state index contributed by atoms with van der Waals surface area (Å²) >= 11 is 0. The average molecular weight is 226 g/mol. The predicted molar refractivity (Wildman–Crippen MR) is 65.0 cm³/mol. The maximum Gasteiger partial charge on any atom is 0.151 e. The van der Waals surface area contributed by atoms with E-state index in [1.54, 1.807) is 21.6 Å². The number of hydrogen-bond acceptors (Lipinski definition) is 3. The molecule has 0 aliphatic rings. The normalized spacial score (nSPS) is 11.4. The molecule has 3 heteroatoms. The maximum absolute atomic E-state index is 10.7. The van der Waals surface area contributed by atoms with Gasteiger partial charge < -0.3 is 0 Å². The van der Waals surface area contributed by atoms with Gasteiger partial charge in [-0.05, 0) is 6.07 Å². The number of benzene rings is 1. The summed E-state index contributed by atoms with van der Waals surface area (Å²) in [6, 6.07) is 7.67. The highest BCUT2D eigenvalue weighted by molar-refractivity contribution is 8.77. The Morgan fingerprint density at radius 1 is 1.21 bits per heavy atom. The molecule has 76 valence electrons. The van der Waals surface area contributed by atoms with E-state index in [0.717, 1.165) is 16.7 Å². The van der Waals surface area contributed by atoms with E-state index in [2.05, 4.69) is 20.8 Å². The highest BCUT2D eigenvalue weighted by Gasteiger charge is 2.12. The zero-order chi connectivity index (χ0) is 10.6. The third-order valence-electron chi connectivity index (χ3n) is 1.43. The van der Waals surface area contributed by atoms with Crippen LogP contribution in [0, 0.1) is 0 Å². The van der Waals surface area contributed by atoms with Gasteiger partial charge in [0.1, 0.15) is 0 Å². The van der Waals surface area contributed by atoms with Gasteiger partial charge in [-0.15, -0.1) is 0 Å². The van der Waals surface area contributed by atoms with Crippen molar-refractivity contribution >= 4 is 27.9 Å². The fourth-order valence-corrected chi connectivity index (χ4v) is 2.98. The Kier molecular flexibility index (Phi) is 4.08. The first-order valence-electron chi connectivity index (χ1n) is 4.43. The molecule has 14 heavy (non-hydrogen) atoms. The average Bonchev–Trinajstić information content (AvgIpc) is 2.14. The van der Waals surface area contributed by atoms with Gasteiger partial charge in [-0.2, -0.15) is 0 Å². The van der Waals surface area contributed by atoms with Crippen LogP contribution < -0.4 is 0 Å². The molecule has 0 amide bonds. The third-order valence-corrected chi connectivity index (χ3v) is 4.85. The van der Waals surface area contributed by atoms with Crippen molar-refractivity contribution in [3.63, 3.8) is 0 Å². The molecular weight excluding hydrogens is 212 g/mol. The molecule has 0 unspecified atom stereocenters. The van der Waals surface area contributed by atoms with E-state index in [9.17, 15) is 4.79 Å². The van der Waals surface area contributed by atoms with Gasteiger partial charge in [-0.25, -0.2) is 0 Å². The van der Waals surface area contributed by atoms with Gasteiger partial charge in [-0.1, -0.05) is 60.6 Å². The van der Waals surface area contributed by atoms with Crippen LogP contribution in [0.15, 0.2) is 29.2 Å². The van der Waals surface area contributed by atoms with Crippen molar-refractivity contribution in [1.29, 1.82) is 0 Å². The molecule has 0 aliphatic heterocycles. The lowest BCUT2D eigenvalue weighted by Gasteiger charge is -2.16. The minimum atomic E-state index is 0.209. The largest absolute Gasteiger partial charge is 0.298 e. The van der Waals surface area contributed by atoms with E-state index in [-0.39, 0.29) is 4.75 Å². The van der Waals surface area contributed by atoms with Gasteiger partial charge in [0.05, 0.1) is 0 Å². The van der Waals surface area contributed by atoms with Crippen molar-refractivity contribution in [3.05, 3.63) is 29.8 Å². The quantitative estimate of drug-likeness (QED) is 0.572. The maximum atomic E-state index is 10.7. The minimum Gasteiger partial charge on any atom is -0.298 e. The first-order chi connectivity index (χ1) is 6.53. The predicted octanol–water partition coefficient (Wildman–Crippen LogP) is 4.04. The first kappa shape index (κ1) is 11.7. The smallest absolute Gasteiger partial charge is 0.151 e. The van der Waals surface area contributed by atoms with Crippen LogP contribution in [0.2, 0.25) is 0 Å². The molecule has 0 saturated carbocycles. The van der Waals surface area contributed by atoms with Gasteiger partial charge in [0, 0.05) is 15.2 Å². The van der Waals surface area contributed by atoms with Crippen molar-refractivity contribution in [2.75, 3.05) is 0 Å². The molecule has 1 rings (SSSR count). The van der Waals surface area contributed by atoms with E-state index in [1.807, 2.05) is 24.3 Å². The standard InChI is InChI=1S/C11H14OS2/c1-11(2,3)14-13-10-7-5-4-6-9(10)8-12/h4-8H,1-3H3. The van der Waals surface area contributed by atoms with Gasteiger partial charge >= 0.3 is 0 Å². The fourth-order valence-electron chi connectivity index (χ4n) is 0.824. The lowest BCUT2D eigenvalue weighted by atomic mass is 10.2. The van der Waals surface area contributed by atoms with E-state index in [1.165, 1.54) is 0 Å². The second kappa shape index (κ2) is 4.89. The second-order valence-electron chi connectivity index (χ2n) is 3.93. The summed E-state index contributed by atoms with van der Waals surface area (Å²) in [5.41, 5.74) is 0.772. The van der Waals surface area contributed by atoms with E-state index < -0.39 is 0 Å². The number of rotatable bonds is 3. The van der Waals surface area contributed by atoms with Crippen LogP contribution in [0.5, 0.6) is 0 Å². The van der Waals surface area contributed by atoms with Crippen LogP contribution in [0.1, 0.15) is 31.1 Å². The Morgan fingerprint density at radius 3 is 2.43 bits per heavy atom. The van der Waals surface area contributed by atoms with Gasteiger partial charge in [0.2, 0.25) is 0 Å². The molecule has 0 bridgehead atoms. The Morgan fingerprint density at radius 2 is 1.86 bits per heavy atom. The molecular formula is C11H14OS2. The van der Waals surface area contributed by atoms with E-state index >= 15 is 0 Å². The van der Waals surface area contributed by atoms with Gasteiger partial charge in [0.25, 0.3) is 0 Å².